The Kier molecular flexibility index (Phi) is 4.33. The minimum absolute atomic E-state index is 0.194. The van der Waals surface area contributed by atoms with E-state index in [2.05, 4.69) is 22.2 Å². The average Bonchev–Trinajstić information content (AvgIpc) is 2.87. The summed E-state index contributed by atoms with van der Waals surface area (Å²) in [5.74, 6) is 0.0261. The van der Waals surface area contributed by atoms with Crippen LogP contribution in [0.5, 0.6) is 0 Å². The first kappa shape index (κ1) is 13.3. The molecule has 0 aromatic carbocycles. The van der Waals surface area contributed by atoms with Gasteiger partial charge in [-0.1, -0.05) is 6.58 Å². The van der Waals surface area contributed by atoms with E-state index < -0.39 is 0 Å². The molecule has 1 aliphatic heterocycles. The molecule has 1 aliphatic rings. The van der Waals surface area contributed by atoms with Crippen LogP contribution in [0.2, 0.25) is 0 Å². The van der Waals surface area contributed by atoms with Gasteiger partial charge in [-0.05, 0) is 25.3 Å². The molecule has 1 aromatic heterocycles. The fourth-order valence-electron chi connectivity index (χ4n) is 2.13. The standard InChI is InChI=1S/C13H18N4O2/c1-2-11(18)14-6-7-15-13(19)12-16-9-10-5-3-4-8-17(10)12/h2,9H,1,3-8H2,(H,14,18)(H,15,19). The lowest BCUT2D eigenvalue weighted by atomic mass is 10.1. The third-order valence-electron chi connectivity index (χ3n) is 3.10. The van der Waals surface area contributed by atoms with Crippen molar-refractivity contribution in [1.82, 2.24) is 20.2 Å². The predicted octanol–water partition coefficient (Wildman–Crippen LogP) is 0.251. The SMILES string of the molecule is C=CC(=O)NCCNC(=O)c1ncc2n1CCCC2. The van der Waals surface area contributed by atoms with E-state index in [0.29, 0.717) is 18.9 Å². The van der Waals surface area contributed by atoms with Gasteiger partial charge in [0.25, 0.3) is 5.91 Å². The van der Waals surface area contributed by atoms with Crippen molar-refractivity contribution in [1.29, 1.82) is 0 Å². The Morgan fingerprint density at radius 1 is 1.37 bits per heavy atom. The Bertz CT molecular complexity index is 493. The van der Waals surface area contributed by atoms with Gasteiger partial charge in [0.1, 0.15) is 0 Å². The molecule has 19 heavy (non-hydrogen) atoms. The summed E-state index contributed by atoms with van der Waals surface area (Å²) in [7, 11) is 0. The van der Waals surface area contributed by atoms with E-state index in [4.69, 9.17) is 0 Å². The van der Waals surface area contributed by atoms with E-state index in [1.807, 2.05) is 4.57 Å². The maximum Gasteiger partial charge on any atom is 0.287 e. The van der Waals surface area contributed by atoms with Crippen LogP contribution in [0.3, 0.4) is 0 Å². The second-order valence-electron chi connectivity index (χ2n) is 4.43. The number of aryl methyl sites for hydroxylation is 1. The van der Waals surface area contributed by atoms with Gasteiger partial charge in [-0.2, -0.15) is 0 Å². The number of aromatic nitrogens is 2. The molecule has 6 heteroatoms. The largest absolute Gasteiger partial charge is 0.351 e. The summed E-state index contributed by atoms with van der Waals surface area (Å²) >= 11 is 0. The van der Waals surface area contributed by atoms with Crippen molar-refractivity contribution in [2.24, 2.45) is 0 Å². The molecule has 0 bridgehead atoms. The Morgan fingerprint density at radius 2 is 2.16 bits per heavy atom. The molecule has 2 amide bonds. The van der Waals surface area contributed by atoms with Crippen molar-refractivity contribution in [2.45, 2.75) is 25.8 Å². The quantitative estimate of drug-likeness (QED) is 0.590. The number of rotatable bonds is 5. The van der Waals surface area contributed by atoms with Crippen LogP contribution in [-0.2, 0) is 17.8 Å². The van der Waals surface area contributed by atoms with Crippen LogP contribution in [-0.4, -0.2) is 34.5 Å². The van der Waals surface area contributed by atoms with Gasteiger partial charge in [0.05, 0.1) is 0 Å². The highest BCUT2D eigenvalue weighted by atomic mass is 16.2. The van der Waals surface area contributed by atoms with E-state index in [0.717, 1.165) is 31.5 Å². The fourth-order valence-corrected chi connectivity index (χ4v) is 2.13. The Balaban J connectivity index is 1.85. The topological polar surface area (TPSA) is 76.0 Å². The summed E-state index contributed by atoms with van der Waals surface area (Å²) < 4.78 is 1.97. The van der Waals surface area contributed by atoms with Crippen molar-refractivity contribution in [2.75, 3.05) is 13.1 Å². The summed E-state index contributed by atoms with van der Waals surface area (Å²) in [5, 5.41) is 5.34. The van der Waals surface area contributed by atoms with Crippen LogP contribution in [0, 0.1) is 0 Å². The van der Waals surface area contributed by atoms with Gasteiger partial charge in [0.2, 0.25) is 5.91 Å². The molecular weight excluding hydrogens is 244 g/mol. The van der Waals surface area contributed by atoms with Gasteiger partial charge < -0.3 is 15.2 Å². The Hall–Kier alpha value is -2.11. The fraction of sp³-hybridized carbons (Fsp3) is 0.462. The molecule has 1 aromatic rings. The molecule has 2 rings (SSSR count). The van der Waals surface area contributed by atoms with Crippen LogP contribution in [0.15, 0.2) is 18.9 Å². The zero-order chi connectivity index (χ0) is 13.7. The van der Waals surface area contributed by atoms with Gasteiger partial charge in [-0.15, -0.1) is 0 Å². The third kappa shape index (κ3) is 3.21. The van der Waals surface area contributed by atoms with Gasteiger partial charge in [-0.25, -0.2) is 4.98 Å². The highest BCUT2D eigenvalue weighted by Crippen LogP contribution is 2.16. The van der Waals surface area contributed by atoms with Crippen molar-refractivity contribution < 1.29 is 9.59 Å². The van der Waals surface area contributed by atoms with Gasteiger partial charge in [0.15, 0.2) is 5.82 Å². The summed E-state index contributed by atoms with van der Waals surface area (Å²) in [6.45, 7) is 4.96. The van der Waals surface area contributed by atoms with Crippen LogP contribution < -0.4 is 10.6 Å². The van der Waals surface area contributed by atoms with Crippen LogP contribution in [0.1, 0.15) is 29.2 Å². The molecule has 102 valence electrons. The molecule has 2 N–H and O–H groups in total. The zero-order valence-electron chi connectivity index (χ0n) is 10.8. The number of amides is 2. The van der Waals surface area contributed by atoms with Crippen molar-refractivity contribution in [3.05, 3.63) is 30.4 Å². The van der Waals surface area contributed by atoms with Gasteiger partial charge in [0, 0.05) is 31.5 Å². The number of hydrogen-bond donors (Lipinski definition) is 2. The lowest BCUT2D eigenvalue weighted by Crippen LogP contribution is -2.35. The molecule has 2 heterocycles. The van der Waals surface area contributed by atoms with Gasteiger partial charge >= 0.3 is 0 Å². The van der Waals surface area contributed by atoms with Crippen LogP contribution in [0.25, 0.3) is 0 Å². The molecule has 6 nitrogen and oxygen atoms in total. The van der Waals surface area contributed by atoms with Gasteiger partial charge in [-0.3, -0.25) is 9.59 Å². The molecule has 0 aliphatic carbocycles. The van der Waals surface area contributed by atoms with E-state index in [1.54, 1.807) is 6.20 Å². The normalized spacial score (nSPS) is 13.5. The average molecular weight is 262 g/mol. The Labute approximate surface area is 111 Å². The number of nitrogens with one attached hydrogen (secondary N) is 2. The molecule has 0 radical (unpaired) electrons. The Morgan fingerprint density at radius 3 is 2.95 bits per heavy atom. The monoisotopic (exact) mass is 262 g/mol. The van der Waals surface area contributed by atoms with Crippen molar-refractivity contribution in [3.8, 4) is 0 Å². The molecular formula is C13H18N4O2. The molecule has 0 saturated carbocycles. The number of carbonyl (C=O) groups excluding carboxylic acids is 2. The third-order valence-corrected chi connectivity index (χ3v) is 3.10. The zero-order valence-corrected chi connectivity index (χ0v) is 10.8. The predicted molar refractivity (Wildman–Crippen MR) is 70.7 cm³/mol. The van der Waals surface area contributed by atoms with E-state index in [-0.39, 0.29) is 11.8 Å². The smallest absolute Gasteiger partial charge is 0.287 e. The lowest BCUT2D eigenvalue weighted by Gasteiger charge is -2.16. The van der Waals surface area contributed by atoms with Crippen LogP contribution in [0.4, 0.5) is 0 Å². The maximum absolute atomic E-state index is 12.0. The second-order valence-corrected chi connectivity index (χ2v) is 4.43. The molecule has 0 spiro atoms. The highest BCUT2D eigenvalue weighted by molar-refractivity contribution is 5.91. The highest BCUT2D eigenvalue weighted by Gasteiger charge is 2.18. The first-order valence-corrected chi connectivity index (χ1v) is 6.45. The number of imidazole rings is 1. The maximum atomic E-state index is 12.0. The second kappa shape index (κ2) is 6.17. The minimum Gasteiger partial charge on any atom is -0.351 e. The summed E-state index contributed by atoms with van der Waals surface area (Å²) in [6, 6.07) is 0. The van der Waals surface area contributed by atoms with Crippen molar-refractivity contribution in [3.63, 3.8) is 0 Å². The molecule has 0 fully saturated rings. The number of nitrogens with zero attached hydrogens (tertiary/aromatic N) is 2. The number of hydrogen-bond acceptors (Lipinski definition) is 3. The molecule has 0 saturated heterocycles. The molecule has 0 atom stereocenters. The molecule has 0 unspecified atom stereocenters. The number of carbonyl (C=O) groups is 2. The van der Waals surface area contributed by atoms with E-state index >= 15 is 0 Å². The van der Waals surface area contributed by atoms with Crippen LogP contribution >= 0.6 is 0 Å². The first-order valence-electron chi connectivity index (χ1n) is 6.45. The summed E-state index contributed by atoms with van der Waals surface area (Å²) in [6.07, 6.45) is 6.19. The van der Waals surface area contributed by atoms with E-state index in [9.17, 15) is 9.59 Å². The minimum atomic E-state index is -0.243. The first-order chi connectivity index (χ1) is 9.22. The summed E-state index contributed by atoms with van der Waals surface area (Å²) in [4.78, 5) is 27.1. The van der Waals surface area contributed by atoms with Crippen molar-refractivity contribution >= 4 is 11.8 Å². The number of fused-ring (bicyclic) bond motifs is 1. The lowest BCUT2D eigenvalue weighted by molar-refractivity contribution is -0.116. The van der Waals surface area contributed by atoms with E-state index in [1.165, 1.54) is 6.08 Å². The summed E-state index contributed by atoms with van der Waals surface area (Å²) in [5.41, 5.74) is 1.12.